The van der Waals surface area contributed by atoms with Gasteiger partial charge in [0, 0.05) is 4.90 Å². The average Bonchev–Trinajstić information content (AvgIpc) is 3.26. The lowest BCUT2D eigenvalue weighted by Gasteiger charge is -2.09. The number of rotatable bonds is 5. The predicted molar refractivity (Wildman–Crippen MR) is 89.8 cm³/mol. The van der Waals surface area contributed by atoms with Crippen molar-refractivity contribution in [3.05, 3.63) is 54.0 Å². The Morgan fingerprint density at radius 1 is 1.20 bits per heavy atom. The quantitative estimate of drug-likeness (QED) is 0.790. The van der Waals surface area contributed by atoms with Gasteiger partial charge < -0.3 is 14.5 Å². The number of carbonyl (C=O) groups excluding carboxylic acids is 3. The second kappa shape index (κ2) is 7.89. The van der Waals surface area contributed by atoms with Crippen molar-refractivity contribution in [3.63, 3.8) is 0 Å². The van der Waals surface area contributed by atoms with E-state index in [-0.39, 0.29) is 11.8 Å². The van der Waals surface area contributed by atoms with Gasteiger partial charge in [0.15, 0.2) is 6.61 Å². The van der Waals surface area contributed by atoms with Crippen LogP contribution in [0.5, 0.6) is 0 Å². The highest BCUT2D eigenvalue weighted by atomic mass is 32.2. The molecule has 1 aromatic heterocycles. The number of nitrogens with one attached hydrogen (secondary N) is 2. The first-order chi connectivity index (χ1) is 12.1. The van der Waals surface area contributed by atoms with Crippen molar-refractivity contribution in [2.45, 2.75) is 23.1 Å². The van der Waals surface area contributed by atoms with E-state index < -0.39 is 24.5 Å². The second-order valence-corrected chi connectivity index (χ2v) is 6.58. The van der Waals surface area contributed by atoms with Crippen molar-refractivity contribution in [3.8, 4) is 0 Å². The Bertz CT molecular complexity index is 750. The molecule has 1 aliphatic heterocycles. The lowest BCUT2D eigenvalue weighted by molar-refractivity contribution is -0.147. The molecule has 2 heterocycles. The predicted octanol–water partition coefficient (Wildman–Crippen LogP) is 1.87. The zero-order valence-corrected chi connectivity index (χ0v) is 14.0. The number of thioether (sulfide) groups is 1. The number of ether oxygens (including phenoxy) is 1. The third kappa shape index (κ3) is 4.63. The average molecular weight is 360 g/mol. The minimum Gasteiger partial charge on any atom is -0.467 e. The van der Waals surface area contributed by atoms with E-state index in [9.17, 15) is 14.4 Å². The largest absolute Gasteiger partial charge is 0.467 e. The highest BCUT2D eigenvalue weighted by Crippen LogP contribution is 2.37. The van der Waals surface area contributed by atoms with Gasteiger partial charge in [-0.3, -0.25) is 14.9 Å². The fourth-order valence-corrected chi connectivity index (χ4v) is 3.52. The summed E-state index contributed by atoms with van der Waals surface area (Å²) in [6.07, 6.45) is 2.06. The molecule has 0 radical (unpaired) electrons. The number of carbonyl (C=O) groups is 3. The van der Waals surface area contributed by atoms with E-state index in [4.69, 9.17) is 9.15 Å². The molecule has 3 rings (SSSR count). The summed E-state index contributed by atoms with van der Waals surface area (Å²) in [5.41, 5.74) is 1.09. The van der Waals surface area contributed by atoms with Crippen LogP contribution in [0.1, 0.15) is 11.3 Å². The van der Waals surface area contributed by atoms with Crippen molar-refractivity contribution >= 4 is 29.7 Å². The van der Waals surface area contributed by atoms with Crippen molar-refractivity contribution in [2.75, 3.05) is 6.61 Å². The number of hydrogen-bond donors (Lipinski definition) is 2. The van der Waals surface area contributed by atoms with Crippen molar-refractivity contribution < 1.29 is 23.5 Å². The summed E-state index contributed by atoms with van der Waals surface area (Å²) in [5, 5.41) is 4.19. The van der Waals surface area contributed by atoms with Crippen LogP contribution < -0.4 is 10.6 Å². The number of esters is 1. The molecule has 0 saturated carbocycles. The third-order valence-electron chi connectivity index (χ3n) is 3.51. The maximum absolute atomic E-state index is 12.0. The fourth-order valence-electron chi connectivity index (χ4n) is 2.33. The van der Waals surface area contributed by atoms with Crippen molar-refractivity contribution in [2.24, 2.45) is 0 Å². The number of benzene rings is 1. The zero-order valence-electron chi connectivity index (χ0n) is 13.2. The molecule has 8 heteroatoms. The summed E-state index contributed by atoms with van der Waals surface area (Å²) in [5.74, 6) is -0.593. The van der Waals surface area contributed by atoms with Crippen LogP contribution >= 0.6 is 11.8 Å². The normalized spacial score (nSPS) is 15.3. The summed E-state index contributed by atoms with van der Waals surface area (Å²) >= 11 is 1.42. The number of fused-ring (bicyclic) bond motifs is 1. The topological polar surface area (TPSA) is 97.6 Å². The minimum atomic E-state index is -0.689. The van der Waals surface area contributed by atoms with Gasteiger partial charge in [-0.25, -0.2) is 4.79 Å². The Morgan fingerprint density at radius 3 is 2.80 bits per heavy atom. The Kier molecular flexibility index (Phi) is 5.39. The van der Waals surface area contributed by atoms with Crippen molar-refractivity contribution in [1.29, 1.82) is 0 Å². The van der Waals surface area contributed by atoms with Crippen LogP contribution in [-0.4, -0.2) is 29.8 Å². The number of hydrogen-bond acceptors (Lipinski definition) is 6. The molecule has 3 amide bonds. The van der Waals surface area contributed by atoms with Crippen LogP contribution in [0, 0.1) is 0 Å². The molecular weight excluding hydrogens is 344 g/mol. The fraction of sp³-hybridized carbons (Fsp3) is 0.235. The molecule has 1 unspecified atom stereocenters. The Morgan fingerprint density at radius 2 is 2.04 bits per heavy atom. The summed E-state index contributed by atoms with van der Waals surface area (Å²) in [4.78, 5) is 36.3. The molecule has 2 N–H and O–H groups in total. The van der Waals surface area contributed by atoms with E-state index in [2.05, 4.69) is 10.6 Å². The van der Waals surface area contributed by atoms with Crippen LogP contribution in [0.3, 0.4) is 0 Å². The number of furan rings is 1. The maximum Gasteiger partial charge on any atom is 0.321 e. The highest BCUT2D eigenvalue weighted by molar-refractivity contribution is 8.01. The van der Waals surface area contributed by atoms with Gasteiger partial charge in [-0.15, -0.1) is 11.8 Å². The molecule has 0 aliphatic carbocycles. The summed E-state index contributed by atoms with van der Waals surface area (Å²) in [6, 6.07) is 10.4. The lowest BCUT2D eigenvalue weighted by Crippen LogP contribution is -2.41. The number of urea groups is 1. The first-order valence-electron chi connectivity index (χ1n) is 7.63. The summed E-state index contributed by atoms with van der Waals surface area (Å²) < 4.78 is 10.1. The van der Waals surface area contributed by atoms with E-state index in [1.54, 1.807) is 12.1 Å². The van der Waals surface area contributed by atoms with Gasteiger partial charge in [0.1, 0.15) is 11.0 Å². The molecule has 1 aliphatic rings. The number of imide groups is 1. The molecular formula is C17H16N2O5S. The van der Waals surface area contributed by atoms with Gasteiger partial charge in [-0.05, 0) is 30.2 Å². The monoisotopic (exact) mass is 360 g/mol. The summed E-state index contributed by atoms with van der Waals surface area (Å²) in [7, 11) is 0. The summed E-state index contributed by atoms with van der Waals surface area (Å²) in [6.45, 7) is -0.344. The first-order valence-corrected chi connectivity index (χ1v) is 8.51. The molecule has 0 spiro atoms. The maximum atomic E-state index is 12.0. The SMILES string of the molecule is O=C(COC(=O)C1Cc2ccccc2S1)NC(=O)NCc1ccco1. The molecule has 0 bridgehead atoms. The Balaban J connectivity index is 1.37. The molecule has 0 fully saturated rings. The van der Waals surface area contributed by atoms with Crippen LogP contribution in [0.15, 0.2) is 52.0 Å². The molecule has 130 valence electrons. The van der Waals surface area contributed by atoms with Gasteiger partial charge in [-0.1, -0.05) is 18.2 Å². The lowest BCUT2D eigenvalue weighted by atomic mass is 10.1. The Hall–Kier alpha value is -2.74. The number of amides is 3. The van der Waals surface area contributed by atoms with Gasteiger partial charge in [0.05, 0.1) is 12.8 Å². The smallest absolute Gasteiger partial charge is 0.321 e. The Labute approximate surface area is 148 Å². The molecule has 0 saturated heterocycles. The van der Waals surface area contributed by atoms with Gasteiger partial charge >= 0.3 is 12.0 Å². The van der Waals surface area contributed by atoms with Gasteiger partial charge in [-0.2, -0.15) is 0 Å². The van der Waals surface area contributed by atoms with E-state index in [0.29, 0.717) is 12.2 Å². The van der Waals surface area contributed by atoms with Crippen LogP contribution in [0.4, 0.5) is 4.79 Å². The van der Waals surface area contributed by atoms with E-state index in [0.717, 1.165) is 10.5 Å². The molecule has 1 atom stereocenters. The van der Waals surface area contributed by atoms with E-state index in [1.807, 2.05) is 24.3 Å². The van der Waals surface area contributed by atoms with Gasteiger partial charge in [0.25, 0.3) is 5.91 Å². The van der Waals surface area contributed by atoms with Crippen LogP contribution in [0.25, 0.3) is 0 Å². The van der Waals surface area contributed by atoms with Gasteiger partial charge in [0.2, 0.25) is 0 Å². The molecule has 25 heavy (non-hydrogen) atoms. The van der Waals surface area contributed by atoms with Crippen LogP contribution in [-0.2, 0) is 27.3 Å². The van der Waals surface area contributed by atoms with E-state index >= 15 is 0 Å². The second-order valence-electron chi connectivity index (χ2n) is 5.34. The van der Waals surface area contributed by atoms with E-state index in [1.165, 1.54) is 18.0 Å². The zero-order chi connectivity index (χ0) is 17.6. The molecule has 7 nitrogen and oxygen atoms in total. The standard InChI is InChI=1S/C17H16N2O5S/c20-15(19-17(22)18-9-12-5-3-7-23-12)10-24-16(21)14-8-11-4-1-2-6-13(11)25-14/h1-7,14H,8-10H2,(H2,18,19,20,22). The minimum absolute atomic E-state index is 0.156. The van der Waals surface area contributed by atoms with Crippen LogP contribution in [0.2, 0.25) is 0 Å². The molecule has 2 aromatic rings. The van der Waals surface area contributed by atoms with Crippen molar-refractivity contribution in [1.82, 2.24) is 10.6 Å². The molecule has 1 aromatic carbocycles. The third-order valence-corrected chi connectivity index (χ3v) is 4.81. The highest BCUT2D eigenvalue weighted by Gasteiger charge is 2.29. The first kappa shape index (κ1) is 17.1.